The molecular weight excluding hydrogens is 226 g/mol. The third-order valence-corrected chi connectivity index (χ3v) is 4.26. The van der Waals surface area contributed by atoms with E-state index in [1.807, 2.05) is 4.90 Å². The van der Waals surface area contributed by atoms with Crippen molar-refractivity contribution in [3.63, 3.8) is 0 Å². The third kappa shape index (κ3) is 3.95. The molecule has 2 heterocycles. The second-order valence-corrected chi connectivity index (χ2v) is 6.00. The normalized spacial score (nSPS) is 24.8. The van der Waals surface area contributed by atoms with Crippen molar-refractivity contribution in [3.05, 3.63) is 0 Å². The van der Waals surface area contributed by atoms with Gasteiger partial charge in [-0.15, -0.1) is 0 Å². The third-order valence-electron chi connectivity index (χ3n) is 4.26. The number of carbonyl (C=O) groups excluding carboxylic acids is 1. The summed E-state index contributed by atoms with van der Waals surface area (Å²) in [5, 5.41) is 3.60. The van der Waals surface area contributed by atoms with Gasteiger partial charge in [-0.1, -0.05) is 0 Å². The molecular formula is C14H27N3O. The van der Waals surface area contributed by atoms with Crippen LogP contribution in [0.4, 0.5) is 0 Å². The molecule has 1 N–H and O–H groups in total. The molecule has 0 bridgehead atoms. The molecule has 18 heavy (non-hydrogen) atoms. The maximum Gasteiger partial charge on any atom is 0.222 e. The van der Waals surface area contributed by atoms with Crippen molar-refractivity contribution in [1.82, 2.24) is 15.1 Å². The number of piperidine rings is 1. The molecule has 104 valence electrons. The fourth-order valence-electron chi connectivity index (χ4n) is 2.93. The summed E-state index contributed by atoms with van der Waals surface area (Å²) in [7, 11) is 2.20. The van der Waals surface area contributed by atoms with Crippen molar-refractivity contribution in [2.75, 3.05) is 39.8 Å². The first kappa shape index (κ1) is 13.8. The average molecular weight is 253 g/mol. The van der Waals surface area contributed by atoms with Crippen LogP contribution in [0.3, 0.4) is 0 Å². The van der Waals surface area contributed by atoms with E-state index in [2.05, 4.69) is 24.2 Å². The van der Waals surface area contributed by atoms with Gasteiger partial charge in [0.15, 0.2) is 0 Å². The predicted molar refractivity (Wildman–Crippen MR) is 73.5 cm³/mol. The zero-order chi connectivity index (χ0) is 13.0. The molecule has 1 unspecified atom stereocenters. The maximum absolute atomic E-state index is 11.5. The number of nitrogens with one attached hydrogen (secondary N) is 1. The van der Waals surface area contributed by atoms with E-state index in [1.165, 1.54) is 25.9 Å². The van der Waals surface area contributed by atoms with Gasteiger partial charge in [-0.2, -0.15) is 0 Å². The van der Waals surface area contributed by atoms with Gasteiger partial charge in [0, 0.05) is 25.6 Å². The molecule has 0 aromatic rings. The second kappa shape index (κ2) is 6.53. The van der Waals surface area contributed by atoms with Crippen molar-refractivity contribution in [2.45, 2.75) is 38.6 Å². The van der Waals surface area contributed by atoms with Crippen LogP contribution in [0.15, 0.2) is 0 Å². The highest BCUT2D eigenvalue weighted by Gasteiger charge is 2.22. The van der Waals surface area contributed by atoms with E-state index >= 15 is 0 Å². The van der Waals surface area contributed by atoms with E-state index < -0.39 is 0 Å². The summed E-state index contributed by atoms with van der Waals surface area (Å²) in [5.41, 5.74) is 0. The quantitative estimate of drug-likeness (QED) is 0.792. The minimum Gasteiger partial charge on any atom is -0.341 e. The Hall–Kier alpha value is -0.610. The molecule has 2 fully saturated rings. The van der Waals surface area contributed by atoms with E-state index in [9.17, 15) is 4.79 Å². The van der Waals surface area contributed by atoms with Gasteiger partial charge >= 0.3 is 0 Å². The Morgan fingerprint density at radius 3 is 2.67 bits per heavy atom. The Morgan fingerprint density at radius 2 is 2.06 bits per heavy atom. The van der Waals surface area contributed by atoms with Gasteiger partial charge in [0.2, 0.25) is 5.91 Å². The summed E-state index contributed by atoms with van der Waals surface area (Å²) in [6.45, 7) is 7.60. The lowest BCUT2D eigenvalue weighted by atomic mass is 9.97. The molecule has 0 radical (unpaired) electrons. The first-order valence-electron chi connectivity index (χ1n) is 7.35. The fraction of sp³-hybridized carbons (Fsp3) is 0.929. The van der Waals surface area contributed by atoms with E-state index in [1.54, 1.807) is 0 Å². The van der Waals surface area contributed by atoms with Crippen molar-refractivity contribution in [2.24, 2.45) is 5.92 Å². The fourth-order valence-corrected chi connectivity index (χ4v) is 2.93. The Labute approximate surface area is 111 Å². The van der Waals surface area contributed by atoms with Crippen LogP contribution in [-0.4, -0.2) is 61.5 Å². The number of hydrogen-bond donors (Lipinski definition) is 1. The number of hydrogen-bond acceptors (Lipinski definition) is 3. The van der Waals surface area contributed by atoms with E-state index in [4.69, 9.17) is 0 Å². The van der Waals surface area contributed by atoms with Gasteiger partial charge in [-0.05, 0) is 58.8 Å². The van der Waals surface area contributed by atoms with E-state index in [0.29, 0.717) is 11.9 Å². The van der Waals surface area contributed by atoms with Crippen LogP contribution in [0, 0.1) is 5.92 Å². The second-order valence-electron chi connectivity index (χ2n) is 6.00. The summed E-state index contributed by atoms with van der Waals surface area (Å²) in [5.74, 6) is 1.15. The zero-order valence-corrected chi connectivity index (χ0v) is 11.8. The molecule has 0 saturated carbocycles. The minimum atomic E-state index is 0.336. The smallest absolute Gasteiger partial charge is 0.222 e. The standard InChI is InChI=1S/C14H27N3O/c1-12(11-17-7-3-4-14(17)18)15-10-13-5-8-16(2)9-6-13/h12-13,15H,3-11H2,1-2H3. The van der Waals surface area contributed by atoms with Crippen molar-refractivity contribution in [3.8, 4) is 0 Å². The number of rotatable bonds is 5. The summed E-state index contributed by atoms with van der Waals surface area (Å²) < 4.78 is 0. The molecule has 2 aliphatic rings. The van der Waals surface area contributed by atoms with E-state index in [-0.39, 0.29) is 0 Å². The highest BCUT2D eigenvalue weighted by molar-refractivity contribution is 5.78. The molecule has 1 atom stereocenters. The highest BCUT2D eigenvalue weighted by Crippen LogP contribution is 2.15. The van der Waals surface area contributed by atoms with Crippen LogP contribution in [0.2, 0.25) is 0 Å². The van der Waals surface area contributed by atoms with Gasteiger partial charge in [0.1, 0.15) is 0 Å². The Morgan fingerprint density at radius 1 is 1.33 bits per heavy atom. The van der Waals surface area contributed by atoms with Crippen LogP contribution in [0.5, 0.6) is 0 Å². The number of nitrogens with zero attached hydrogens (tertiary/aromatic N) is 2. The summed E-state index contributed by atoms with van der Waals surface area (Å²) in [6.07, 6.45) is 4.40. The number of amides is 1. The molecule has 2 rings (SSSR count). The zero-order valence-electron chi connectivity index (χ0n) is 11.8. The highest BCUT2D eigenvalue weighted by atomic mass is 16.2. The molecule has 2 aliphatic heterocycles. The van der Waals surface area contributed by atoms with Crippen LogP contribution < -0.4 is 5.32 Å². The summed E-state index contributed by atoms with van der Waals surface area (Å²) in [6, 6.07) is 0.423. The molecule has 4 heteroatoms. The maximum atomic E-state index is 11.5. The van der Waals surface area contributed by atoms with Crippen LogP contribution in [0.1, 0.15) is 32.6 Å². The van der Waals surface area contributed by atoms with Crippen LogP contribution in [0.25, 0.3) is 0 Å². The lowest BCUT2D eigenvalue weighted by molar-refractivity contribution is -0.127. The molecule has 0 aromatic heterocycles. The van der Waals surface area contributed by atoms with Gasteiger partial charge in [-0.3, -0.25) is 4.79 Å². The topological polar surface area (TPSA) is 35.6 Å². The molecule has 2 saturated heterocycles. The number of likely N-dealkylation sites (tertiary alicyclic amines) is 2. The largest absolute Gasteiger partial charge is 0.341 e. The van der Waals surface area contributed by atoms with Gasteiger partial charge < -0.3 is 15.1 Å². The van der Waals surface area contributed by atoms with Crippen LogP contribution >= 0.6 is 0 Å². The predicted octanol–water partition coefficient (Wildman–Crippen LogP) is 0.929. The van der Waals surface area contributed by atoms with Crippen molar-refractivity contribution >= 4 is 5.91 Å². The first-order chi connectivity index (χ1) is 8.65. The molecule has 4 nitrogen and oxygen atoms in total. The minimum absolute atomic E-state index is 0.336. The van der Waals surface area contributed by atoms with E-state index in [0.717, 1.165) is 38.4 Å². The molecule has 0 aliphatic carbocycles. The van der Waals surface area contributed by atoms with Gasteiger partial charge in [0.05, 0.1) is 0 Å². The number of carbonyl (C=O) groups is 1. The lowest BCUT2D eigenvalue weighted by Crippen LogP contribution is -2.43. The monoisotopic (exact) mass is 253 g/mol. The average Bonchev–Trinajstić information content (AvgIpc) is 2.74. The Balaban J connectivity index is 1.62. The Bertz CT molecular complexity index is 274. The van der Waals surface area contributed by atoms with Gasteiger partial charge in [0.25, 0.3) is 0 Å². The lowest BCUT2D eigenvalue weighted by Gasteiger charge is -2.30. The summed E-state index contributed by atoms with van der Waals surface area (Å²) >= 11 is 0. The SMILES string of the molecule is CC(CN1CCCC1=O)NCC1CCN(C)CC1. The molecule has 0 spiro atoms. The van der Waals surface area contributed by atoms with Gasteiger partial charge in [-0.25, -0.2) is 0 Å². The Kier molecular flexibility index (Phi) is 5.01. The first-order valence-corrected chi connectivity index (χ1v) is 7.35. The van der Waals surface area contributed by atoms with Crippen molar-refractivity contribution < 1.29 is 4.79 Å². The van der Waals surface area contributed by atoms with Crippen molar-refractivity contribution in [1.29, 1.82) is 0 Å². The summed E-state index contributed by atoms with van der Waals surface area (Å²) in [4.78, 5) is 16.0. The molecule has 1 amide bonds. The van der Waals surface area contributed by atoms with Crippen LogP contribution in [-0.2, 0) is 4.79 Å². The molecule has 0 aromatic carbocycles.